The number of carbonyl (C=O) groups is 1. The zero-order valence-corrected chi connectivity index (χ0v) is 11.5. The predicted molar refractivity (Wildman–Crippen MR) is 67.2 cm³/mol. The summed E-state index contributed by atoms with van der Waals surface area (Å²) in [5.41, 5.74) is 1.36. The lowest BCUT2D eigenvalue weighted by atomic mass is 10.1. The van der Waals surface area contributed by atoms with Crippen LogP contribution in [0.25, 0.3) is 0 Å². The molecule has 0 bridgehead atoms. The van der Waals surface area contributed by atoms with Gasteiger partial charge in [0.25, 0.3) is 0 Å². The van der Waals surface area contributed by atoms with E-state index < -0.39 is 0 Å². The fourth-order valence-corrected chi connectivity index (χ4v) is 2.11. The zero-order chi connectivity index (χ0) is 12.6. The standard InChI is InChI=1S/C12H13BrN2O2/c1-7(2)15-10(9(13)6-14-15)11(16)12-8(3)4-5-17-12/h4-7H,1-3H3. The molecule has 5 heteroatoms. The van der Waals surface area contributed by atoms with E-state index in [1.807, 2.05) is 20.8 Å². The number of hydrogen-bond acceptors (Lipinski definition) is 3. The molecule has 90 valence electrons. The Morgan fingerprint density at radius 2 is 2.24 bits per heavy atom. The Hall–Kier alpha value is -1.36. The fourth-order valence-electron chi connectivity index (χ4n) is 1.66. The number of aryl methyl sites for hydroxylation is 1. The molecule has 0 saturated carbocycles. The summed E-state index contributed by atoms with van der Waals surface area (Å²) in [4.78, 5) is 12.4. The van der Waals surface area contributed by atoms with E-state index in [0.29, 0.717) is 15.9 Å². The second-order valence-electron chi connectivity index (χ2n) is 4.14. The third-order valence-electron chi connectivity index (χ3n) is 2.52. The maximum Gasteiger partial charge on any atom is 0.247 e. The number of carbonyl (C=O) groups excluding carboxylic acids is 1. The van der Waals surface area contributed by atoms with Gasteiger partial charge in [-0.25, -0.2) is 0 Å². The minimum absolute atomic E-state index is 0.121. The SMILES string of the molecule is Cc1ccoc1C(=O)c1c(Br)cnn1C(C)C. The van der Waals surface area contributed by atoms with Crippen LogP contribution in [0.2, 0.25) is 0 Å². The van der Waals surface area contributed by atoms with Crippen LogP contribution in [-0.2, 0) is 0 Å². The fraction of sp³-hybridized carbons (Fsp3) is 0.333. The van der Waals surface area contributed by atoms with Gasteiger partial charge in [-0.05, 0) is 48.3 Å². The van der Waals surface area contributed by atoms with Crippen molar-refractivity contribution in [3.8, 4) is 0 Å². The molecule has 0 aliphatic carbocycles. The van der Waals surface area contributed by atoms with Crippen LogP contribution in [0.15, 0.2) is 27.4 Å². The third kappa shape index (κ3) is 2.07. The number of nitrogens with zero attached hydrogens (tertiary/aromatic N) is 2. The molecule has 0 unspecified atom stereocenters. The van der Waals surface area contributed by atoms with Gasteiger partial charge in [0, 0.05) is 6.04 Å². The molecule has 17 heavy (non-hydrogen) atoms. The normalized spacial score (nSPS) is 11.1. The van der Waals surface area contributed by atoms with E-state index >= 15 is 0 Å². The van der Waals surface area contributed by atoms with E-state index in [0.717, 1.165) is 5.56 Å². The maximum atomic E-state index is 12.4. The van der Waals surface area contributed by atoms with E-state index in [4.69, 9.17) is 4.42 Å². The molecule has 2 aromatic rings. The van der Waals surface area contributed by atoms with E-state index in [1.54, 1.807) is 16.9 Å². The molecule has 0 N–H and O–H groups in total. The average molecular weight is 297 g/mol. The molecule has 0 amide bonds. The molecule has 0 fully saturated rings. The molecule has 2 rings (SSSR count). The van der Waals surface area contributed by atoms with Gasteiger partial charge in [0.1, 0.15) is 5.69 Å². The van der Waals surface area contributed by atoms with Crippen molar-refractivity contribution >= 4 is 21.7 Å². The number of hydrogen-bond donors (Lipinski definition) is 0. The smallest absolute Gasteiger partial charge is 0.247 e. The highest BCUT2D eigenvalue weighted by Gasteiger charge is 2.23. The Morgan fingerprint density at radius 3 is 2.76 bits per heavy atom. The molecule has 0 spiro atoms. The van der Waals surface area contributed by atoms with Gasteiger partial charge in [0.05, 0.1) is 16.9 Å². The van der Waals surface area contributed by atoms with Gasteiger partial charge in [0.2, 0.25) is 5.78 Å². The number of rotatable bonds is 3. The minimum Gasteiger partial charge on any atom is -0.461 e. The summed E-state index contributed by atoms with van der Waals surface area (Å²) in [5, 5.41) is 4.18. The van der Waals surface area contributed by atoms with Gasteiger partial charge < -0.3 is 4.42 Å². The molecular weight excluding hydrogens is 284 g/mol. The Bertz CT molecular complexity index is 555. The van der Waals surface area contributed by atoms with Crippen LogP contribution < -0.4 is 0 Å². The summed E-state index contributed by atoms with van der Waals surface area (Å²) in [6.07, 6.45) is 3.15. The van der Waals surface area contributed by atoms with Gasteiger partial charge in [-0.15, -0.1) is 0 Å². The first-order chi connectivity index (χ1) is 8.02. The van der Waals surface area contributed by atoms with Gasteiger partial charge in [0.15, 0.2) is 5.76 Å². The summed E-state index contributed by atoms with van der Waals surface area (Å²) >= 11 is 3.35. The molecule has 0 aromatic carbocycles. The lowest BCUT2D eigenvalue weighted by Gasteiger charge is -2.09. The monoisotopic (exact) mass is 296 g/mol. The molecule has 0 radical (unpaired) electrons. The number of furan rings is 1. The van der Waals surface area contributed by atoms with Crippen molar-refractivity contribution in [3.63, 3.8) is 0 Å². The summed E-state index contributed by atoms with van der Waals surface area (Å²) in [7, 11) is 0. The zero-order valence-electron chi connectivity index (χ0n) is 9.90. The largest absolute Gasteiger partial charge is 0.461 e. The Kier molecular flexibility index (Phi) is 3.19. The molecular formula is C12H13BrN2O2. The Labute approximate surface area is 108 Å². The van der Waals surface area contributed by atoms with Crippen molar-refractivity contribution in [1.82, 2.24) is 9.78 Å². The molecule has 0 saturated heterocycles. The summed E-state index contributed by atoms with van der Waals surface area (Å²) < 4.78 is 7.60. The first-order valence-corrected chi connectivity index (χ1v) is 6.13. The van der Waals surface area contributed by atoms with E-state index in [1.165, 1.54) is 6.26 Å². The summed E-state index contributed by atoms with van der Waals surface area (Å²) in [5.74, 6) is 0.221. The molecule has 0 atom stereocenters. The Morgan fingerprint density at radius 1 is 1.53 bits per heavy atom. The first-order valence-electron chi connectivity index (χ1n) is 5.34. The van der Waals surface area contributed by atoms with E-state index in [2.05, 4.69) is 21.0 Å². The van der Waals surface area contributed by atoms with Crippen molar-refractivity contribution < 1.29 is 9.21 Å². The second-order valence-corrected chi connectivity index (χ2v) is 5.00. The van der Waals surface area contributed by atoms with Gasteiger partial charge in [-0.1, -0.05) is 0 Å². The minimum atomic E-state index is -0.148. The summed E-state index contributed by atoms with van der Waals surface area (Å²) in [6, 6.07) is 1.90. The third-order valence-corrected chi connectivity index (χ3v) is 3.10. The van der Waals surface area contributed by atoms with Crippen molar-refractivity contribution in [1.29, 1.82) is 0 Å². The number of ketones is 1. The van der Waals surface area contributed by atoms with Crippen molar-refractivity contribution in [3.05, 3.63) is 40.0 Å². The molecule has 2 heterocycles. The van der Waals surface area contributed by atoms with Crippen molar-refractivity contribution in [2.75, 3.05) is 0 Å². The molecule has 2 aromatic heterocycles. The highest BCUT2D eigenvalue weighted by Crippen LogP contribution is 2.24. The quantitative estimate of drug-likeness (QED) is 0.816. The maximum absolute atomic E-state index is 12.4. The molecule has 0 aliphatic heterocycles. The number of halogens is 1. The lowest BCUT2D eigenvalue weighted by molar-refractivity contribution is 0.0995. The van der Waals surface area contributed by atoms with Gasteiger partial charge >= 0.3 is 0 Å². The van der Waals surface area contributed by atoms with Crippen LogP contribution in [0.3, 0.4) is 0 Å². The van der Waals surface area contributed by atoms with Crippen molar-refractivity contribution in [2.24, 2.45) is 0 Å². The molecule has 0 aliphatic rings. The summed E-state index contributed by atoms with van der Waals surface area (Å²) in [6.45, 7) is 5.80. The van der Waals surface area contributed by atoms with Crippen LogP contribution in [0.4, 0.5) is 0 Å². The van der Waals surface area contributed by atoms with Crippen LogP contribution in [-0.4, -0.2) is 15.6 Å². The topological polar surface area (TPSA) is 48.0 Å². The first kappa shape index (κ1) is 12.1. The number of aromatic nitrogens is 2. The lowest BCUT2D eigenvalue weighted by Crippen LogP contribution is -2.14. The van der Waals surface area contributed by atoms with E-state index in [9.17, 15) is 4.79 Å². The Balaban J connectivity index is 2.51. The van der Waals surface area contributed by atoms with Crippen LogP contribution in [0.1, 0.15) is 41.7 Å². The van der Waals surface area contributed by atoms with Crippen LogP contribution >= 0.6 is 15.9 Å². The highest BCUT2D eigenvalue weighted by molar-refractivity contribution is 9.10. The highest BCUT2D eigenvalue weighted by atomic mass is 79.9. The van der Waals surface area contributed by atoms with E-state index in [-0.39, 0.29) is 11.8 Å². The van der Waals surface area contributed by atoms with Crippen LogP contribution in [0, 0.1) is 6.92 Å². The van der Waals surface area contributed by atoms with Crippen LogP contribution in [0.5, 0.6) is 0 Å². The van der Waals surface area contributed by atoms with Crippen molar-refractivity contribution in [2.45, 2.75) is 26.8 Å². The van der Waals surface area contributed by atoms with Gasteiger partial charge in [-0.2, -0.15) is 5.10 Å². The predicted octanol–water partition coefficient (Wildman–Crippen LogP) is 3.36. The average Bonchev–Trinajstić information content (AvgIpc) is 2.83. The van der Waals surface area contributed by atoms with Gasteiger partial charge in [-0.3, -0.25) is 9.48 Å². The second kappa shape index (κ2) is 4.49. The molecule has 4 nitrogen and oxygen atoms in total.